The first kappa shape index (κ1) is 25.4. The molecule has 5 unspecified atom stereocenters. The summed E-state index contributed by atoms with van der Waals surface area (Å²) in [6, 6.07) is 19.4. The van der Waals surface area contributed by atoms with Crippen LogP contribution < -0.4 is 18.9 Å². The first-order valence-corrected chi connectivity index (χ1v) is 12.0. The molecule has 38 heavy (non-hydrogen) atoms. The summed E-state index contributed by atoms with van der Waals surface area (Å²) in [5.41, 5.74) is -2.31. The van der Waals surface area contributed by atoms with Crippen LogP contribution in [-0.4, -0.2) is 52.1 Å². The molecule has 5 rings (SSSR count). The molecule has 198 valence electrons. The van der Waals surface area contributed by atoms with Gasteiger partial charge in [-0.15, -0.1) is 0 Å². The van der Waals surface area contributed by atoms with Crippen LogP contribution in [-0.2, 0) is 30.3 Å². The van der Waals surface area contributed by atoms with Crippen molar-refractivity contribution in [2.24, 2.45) is 5.92 Å². The monoisotopic (exact) mass is 520 g/mol. The number of carbonyl (C=O) groups is 2. The van der Waals surface area contributed by atoms with Crippen molar-refractivity contribution in [1.29, 1.82) is 0 Å². The Balaban J connectivity index is 1.92. The van der Waals surface area contributed by atoms with Gasteiger partial charge in [0, 0.05) is 18.1 Å². The second-order valence-corrected chi connectivity index (χ2v) is 9.13. The van der Waals surface area contributed by atoms with Crippen LogP contribution in [0.15, 0.2) is 66.7 Å². The molecule has 3 aromatic carbocycles. The smallest absolute Gasteiger partial charge is 0.313 e. The molecule has 0 amide bonds. The summed E-state index contributed by atoms with van der Waals surface area (Å²) in [4.78, 5) is 25.3. The Morgan fingerprint density at radius 3 is 2.18 bits per heavy atom. The van der Waals surface area contributed by atoms with Crippen LogP contribution in [0.5, 0.6) is 23.0 Å². The van der Waals surface area contributed by atoms with Crippen molar-refractivity contribution in [3.05, 3.63) is 83.4 Å². The predicted molar refractivity (Wildman–Crippen MR) is 134 cm³/mol. The summed E-state index contributed by atoms with van der Waals surface area (Å²) in [6.45, 7) is 0.221. The second kappa shape index (κ2) is 9.57. The van der Waals surface area contributed by atoms with Crippen molar-refractivity contribution in [3.8, 4) is 23.0 Å². The maximum atomic E-state index is 13.4. The van der Waals surface area contributed by atoms with E-state index in [9.17, 15) is 14.7 Å². The quantitative estimate of drug-likeness (QED) is 0.353. The van der Waals surface area contributed by atoms with E-state index in [1.54, 1.807) is 43.5 Å². The maximum Gasteiger partial charge on any atom is 0.313 e. The Morgan fingerprint density at radius 1 is 0.921 bits per heavy atom. The number of hydrogen-bond donors (Lipinski definition) is 1. The summed E-state index contributed by atoms with van der Waals surface area (Å²) >= 11 is 0. The Bertz CT molecular complexity index is 1340. The average molecular weight is 521 g/mol. The summed E-state index contributed by atoms with van der Waals surface area (Å²) in [6.07, 6.45) is -1.40. The highest BCUT2D eigenvalue weighted by atomic mass is 16.6. The molecular formula is C29H28O9. The van der Waals surface area contributed by atoms with Crippen molar-refractivity contribution in [2.45, 2.75) is 23.2 Å². The van der Waals surface area contributed by atoms with Crippen LogP contribution in [0.1, 0.15) is 22.6 Å². The van der Waals surface area contributed by atoms with Crippen LogP contribution in [0.3, 0.4) is 0 Å². The van der Waals surface area contributed by atoms with E-state index in [4.69, 9.17) is 28.4 Å². The zero-order valence-electron chi connectivity index (χ0n) is 21.4. The molecule has 2 aliphatic rings. The van der Waals surface area contributed by atoms with Crippen molar-refractivity contribution in [2.75, 3.05) is 28.4 Å². The van der Waals surface area contributed by atoms with Gasteiger partial charge in [0.05, 0.1) is 34.0 Å². The fraction of sp³-hybridized carbons (Fsp3) is 0.310. The molecule has 1 aliphatic carbocycles. The minimum Gasteiger partial charge on any atom is -0.497 e. The Kier molecular flexibility index (Phi) is 6.40. The Morgan fingerprint density at radius 2 is 1.61 bits per heavy atom. The van der Waals surface area contributed by atoms with Crippen LogP contribution in [0, 0.1) is 5.92 Å². The lowest BCUT2D eigenvalue weighted by Crippen LogP contribution is -2.52. The number of benzene rings is 3. The number of esters is 1. The third-order valence-electron chi connectivity index (χ3n) is 7.60. The molecule has 5 atom stereocenters. The molecule has 1 aliphatic heterocycles. The average Bonchev–Trinajstić information content (AvgIpc) is 3.35. The van der Waals surface area contributed by atoms with E-state index in [0.29, 0.717) is 22.6 Å². The van der Waals surface area contributed by atoms with E-state index < -0.39 is 35.1 Å². The summed E-state index contributed by atoms with van der Waals surface area (Å²) < 4.78 is 34.1. The lowest BCUT2D eigenvalue weighted by atomic mass is 9.70. The normalized spacial score (nSPS) is 26.9. The van der Waals surface area contributed by atoms with Gasteiger partial charge in [0.2, 0.25) is 0 Å². The number of fused-ring (bicyclic) bond motifs is 3. The standard InChI is InChI=1S/C29H28O9/c1-33-19-12-10-18(11-13-19)29-24(17-8-6-5-7-9-17)23(27(31)36-4)26(37-16-30)28(29,32)25-21(35-3)14-20(34-2)15-22(25)38-29/h5-16,23-24,26,32H,1-4H3. The van der Waals surface area contributed by atoms with Gasteiger partial charge in [-0.1, -0.05) is 42.5 Å². The van der Waals surface area contributed by atoms with Crippen molar-refractivity contribution >= 4 is 12.4 Å². The number of hydrogen-bond acceptors (Lipinski definition) is 9. The van der Waals surface area contributed by atoms with Gasteiger partial charge in [0.25, 0.3) is 6.47 Å². The summed E-state index contributed by atoms with van der Waals surface area (Å²) in [5.74, 6) is -1.13. The number of methoxy groups -OCH3 is 4. The maximum absolute atomic E-state index is 13.4. The van der Waals surface area contributed by atoms with E-state index in [2.05, 4.69) is 0 Å². The lowest BCUT2D eigenvalue weighted by molar-refractivity contribution is -0.177. The fourth-order valence-corrected chi connectivity index (χ4v) is 6.12. The van der Waals surface area contributed by atoms with E-state index >= 15 is 0 Å². The molecule has 0 aromatic heterocycles. The molecule has 3 aromatic rings. The lowest BCUT2D eigenvalue weighted by Gasteiger charge is -2.40. The van der Waals surface area contributed by atoms with Gasteiger partial charge >= 0.3 is 5.97 Å². The predicted octanol–water partition coefficient (Wildman–Crippen LogP) is 3.32. The molecule has 0 spiro atoms. The van der Waals surface area contributed by atoms with Gasteiger partial charge in [-0.2, -0.15) is 0 Å². The molecule has 9 heteroatoms. The molecule has 1 N–H and O–H groups in total. The van der Waals surface area contributed by atoms with Gasteiger partial charge in [0.15, 0.2) is 17.3 Å². The molecule has 0 saturated heterocycles. The molecule has 0 bridgehead atoms. The third kappa shape index (κ3) is 3.35. The zero-order chi connectivity index (χ0) is 27.1. The number of rotatable bonds is 8. The third-order valence-corrected chi connectivity index (χ3v) is 7.60. The molecule has 1 heterocycles. The van der Waals surface area contributed by atoms with Gasteiger partial charge < -0.3 is 33.5 Å². The highest BCUT2D eigenvalue weighted by Crippen LogP contribution is 2.71. The fourth-order valence-electron chi connectivity index (χ4n) is 6.12. The molecule has 1 saturated carbocycles. The van der Waals surface area contributed by atoms with Crippen molar-refractivity contribution < 1.29 is 43.1 Å². The number of carbonyl (C=O) groups excluding carboxylic acids is 2. The molecule has 1 fully saturated rings. The largest absolute Gasteiger partial charge is 0.497 e. The number of aliphatic hydroxyl groups is 1. The SMILES string of the molecule is COC(=O)C1C(OC=O)C2(O)c3c(OC)cc(OC)cc3OC2(c2ccc(OC)cc2)C1c1ccccc1. The summed E-state index contributed by atoms with van der Waals surface area (Å²) in [5, 5.41) is 13.0. The summed E-state index contributed by atoms with van der Waals surface area (Å²) in [7, 11) is 5.75. The topological polar surface area (TPSA) is 110 Å². The van der Waals surface area contributed by atoms with Crippen LogP contribution in [0.4, 0.5) is 0 Å². The van der Waals surface area contributed by atoms with Gasteiger partial charge in [-0.3, -0.25) is 9.59 Å². The van der Waals surface area contributed by atoms with Crippen molar-refractivity contribution in [1.82, 2.24) is 0 Å². The van der Waals surface area contributed by atoms with Crippen LogP contribution in [0.25, 0.3) is 0 Å². The Hall–Kier alpha value is -4.24. The van der Waals surface area contributed by atoms with Crippen LogP contribution >= 0.6 is 0 Å². The van der Waals surface area contributed by atoms with Gasteiger partial charge in [-0.05, 0) is 23.3 Å². The van der Waals surface area contributed by atoms with Crippen molar-refractivity contribution in [3.63, 3.8) is 0 Å². The molecule has 0 radical (unpaired) electrons. The Labute approximate surface area is 219 Å². The van der Waals surface area contributed by atoms with E-state index in [0.717, 1.165) is 0 Å². The molecule has 9 nitrogen and oxygen atoms in total. The first-order valence-electron chi connectivity index (χ1n) is 12.0. The van der Waals surface area contributed by atoms with Gasteiger partial charge in [0.1, 0.15) is 28.9 Å². The molecular weight excluding hydrogens is 492 g/mol. The zero-order valence-corrected chi connectivity index (χ0v) is 21.4. The van der Waals surface area contributed by atoms with E-state index in [1.807, 2.05) is 30.3 Å². The van der Waals surface area contributed by atoms with Crippen LogP contribution in [0.2, 0.25) is 0 Å². The first-order chi connectivity index (χ1) is 18.4. The van der Waals surface area contributed by atoms with E-state index in [1.165, 1.54) is 21.3 Å². The number of ether oxygens (including phenoxy) is 6. The minimum absolute atomic E-state index is 0.221. The minimum atomic E-state index is -2.09. The second-order valence-electron chi connectivity index (χ2n) is 9.13. The highest BCUT2D eigenvalue weighted by molar-refractivity contribution is 5.79. The van der Waals surface area contributed by atoms with E-state index in [-0.39, 0.29) is 23.5 Å². The highest BCUT2D eigenvalue weighted by Gasteiger charge is 2.79. The van der Waals surface area contributed by atoms with Gasteiger partial charge in [-0.25, -0.2) is 0 Å².